The van der Waals surface area contributed by atoms with Crippen LogP contribution < -0.4 is 23.4 Å². The quantitative estimate of drug-likeness (QED) is 0.458. The van der Waals surface area contributed by atoms with Gasteiger partial charge in [0.2, 0.25) is 5.91 Å². The number of anilines is 2. The first kappa shape index (κ1) is 24.9. The number of sulfonamides is 1. The number of nitrogens with zero attached hydrogens (tertiary/aromatic N) is 2. The molecule has 0 saturated heterocycles. The average molecular weight is 485 g/mol. The molecule has 3 rings (SSSR count). The van der Waals surface area contributed by atoms with Crippen LogP contribution in [0.1, 0.15) is 5.56 Å². The molecule has 3 aromatic rings. The highest BCUT2D eigenvalue weighted by Gasteiger charge is 2.31. The van der Waals surface area contributed by atoms with Gasteiger partial charge in [0.15, 0.2) is 0 Å². The van der Waals surface area contributed by atoms with E-state index in [9.17, 15) is 13.2 Å². The van der Waals surface area contributed by atoms with Crippen LogP contribution in [0.15, 0.2) is 71.6 Å². The number of hydrogen-bond acceptors (Lipinski definition) is 6. The molecule has 9 heteroatoms. The summed E-state index contributed by atoms with van der Waals surface area (Å²) in [7, 11) is 1.92. The van der Waals surface area contributed by atoms with Gasteiger partial charge in [0.05, 0.1) is 27.0 Å². The van der Waals surface area contributed by atoms with Gasteiger partial charge < -0.3 is 19.1 Å². The molecule has 0 unspecified atom stereocenters. The minimum absolute atomic E-state index is 0.0225. The molecule has 0 heterocycles. The van der Waals surface area contributed by atoms with Crippen LogP contribution >= 0.6 is 0 Å². The third-order valence-electron chi connectivity index (χ3n) is 5.36. The van der Waals surface area contributed by atoms with Crippen LogP contribution in [0.4, 0.5) is 11.4 Å². The largest absolute Gasteiger partial charge is 0.497 e. The Kier molecular flexibility index (Phi) is 7.68. The molecule has 180 valence electrons. The zero-order chi connectivity index (χ0) is 24.9. The molecule has 3 aromatic carbocycles. The van der Waals surface area contributed by atoms with E-state index in [4.69, 9.17) is 14.2 Å². The predicted octanol–water partition coefficient (Wildman–Crippen LogP) is 3.88. The SMILES string of the molecule is COc1ccc(N(C)C(=O)CN(c2ccc(OC)cc2)S(=O)(=O)c2cc(C)ccc2OC)cc1. The maximum Gasteiger partial charge on any atom is 0.268 e. The summed E-state index contributed by atoms with van der Waals surface area (Å²) in [6.07, 6.45) is 0. The Balaban J connectivity index is 2.03. The Labute approximate surface area is 200 Å². The summed E-state index contributed by atoms with van der Waals surface area (Å²) in [6.45, 7) is 1.37. The van der Waals surface area contributed by atoms with Crippen LogP contribution in [0.3, 0.4) is 0 Å². The average Bonchev–Trinajstić information content (AvgIpc) is 2.86. The van der Waals surface area contributed by atoms with E-state index >= 15 is 0 Å². The second-order valence-electron chi connectivity index (χ2n) is 7.51. The fourth-order valence-corrected chi connectivity index (χ4v) is 5.00. The zero-order valence-corrected chi connectivity index (χ0v) is 20.6. The third kappa shape index (κ3) is 5.26. The van der Waals surface area contributed by atoms with Crippen LogP contribution in [0.2, 0.25) is 0 Å². The fraction of sp³-hybridized carbons (Fsp3) is 0.240. The number of benzene rings is 3. The molecule has 0 atom stereocenters. The first-order valence-corrected chi connectivity index (χ1v) is 11.9. The lowest BCUT2D eigenvalue weighted by Gasteiger charge is -2.27. The second kappa shape index (κ2) is 10.5. The monoisotopic (exact) mass is 484 g/mol. The molecule has 0 radical (unpaired) electrons. The van der Waals surface area contributed by atoms with Crippen molar-refractivity contribution in [2.75, 3.05) is 44.1 Å². The topological polar surface area (TPSA) is 85.4 Å². The molecule has 0 aromatic heterocycles. The Bertz CT molecular complexity index is 1240. The van der Waals surface area contributed by atoms with Gasteiger partial charge in [0.1, 0.15) is 28.7 Å². The summed E-state index contributed by atoms with van der Waals surface area (Å²) >= 11 is 0. The van der Waals surface area contributed by atoms with Gasteiger partial charge in [-0.3, -0.25) is 9.10 Å². The molecule has 1 amide bonds. The molecule has 0 aliphatic carbocycles. The first-order chi connectivity index (χ1) is 16.2. The molecular weight excluding hydrogens is 456 g/mol. The van der Waals surface area contributed by atoms with E-state index in [0.29, 0.717) is 22.9 Å². The molecule has 0 fully saturated rings. The van der Waals surface area contributed by atoms with Gasteiger partial charge in [-0.25, -0.2) is 8.42 Å². The molecule has 0 saturated carbocycles. The summed E-state index contributed by atoms with van der Waals surface area (Å²) in [5, 5.41) is 0. The van der Waals surface area contributed by atoms with Gasteiger partial charge in [0, 0.05) is 12.7 Å². The number of hydrogen-bond donors (Lipinski definition) is 0. The zero-order valence-electron chi connectivity index (χ0n) is 19.8. The van der Waals surface area contributed by atoms with Crippen LogP contribution in [0.25, 0.3) is 0 Å². The highest BCUT2D eigenvalue weighted by Crippen LogP contribution is 2.32. The Morgan fingerprint density at radius 2 is 1.32 bits per heavy atom. The van der Waals surface area contributed by atoms with Crippen LogP contribution in [-0.2, 0) is 14.8 Å². The van der Waals surface area contributed by atoms with E-state index in [1.54, 1.807) is 81.7 Å². The molecule has 8 nitrogen and oxygen atoms in total. The maximum absolute atomic E-state index is 13.8. The van der Waals surface area contributed by atoms with Crippen LogP contribution in [-0.4, -0.2) is 49.2 Å². The number of carbonyl (C=O) groups excluding carboxylic acids is 1. The molecule has 0 bridgehead atoms. The number of ether oxygens (including phenoxy) is 3. The second-order valence-corrected chi connectivity index (χ2v) is 9.35. The summed E-state index contributed by atoms with van der Waals surface area (Å²) in [6, 6.07) is 18.3. The molecule has 0 N–H and O–H groups in total. The number of likely N-dealkylation sites (N-methyl/N-ethyl adjacent to an activating group) is 1. The number of carbonyl (C=O) groups is 1. The Morgan fingerprint density at radius 1 is 0.794 bits per heavy atom. The van der Waals surface area contributed by atoms with Crippen molar-refractivity contribution in [1.29, 1.82) is 0 Å². The Morgan fingerprint density at radius 3 is 1.82 bits per heavy atom. The Hall–Kier alpha value is -3.72. The third-order valence-corrected chi connectivity index (χ3v) is 7.16. The lowest BCUT2D eigenvalue weighted by Crippen LogP contribution is -2.41. The van der Waals surface area contributed by atoms with E-state index < -0.39 is 22.5 Å². The number of aryl methyl sites for hydroxylation is 1. The summed E-state index contributed by atoms with van der Waals surface area (Å²) < 4.78 is 44.4. The standard InChI is InChI=1S/C25H28N2O6S/c1-18-6-15-23(33-5)24(16-18)34(29,30)27(20-9-13-22(32-4)14-10-20)17-25(28)26(2)19-7-11-21(31-3)12-8-19/h6-16H,17H2,1-5H3. The first-order valence-electron chi connectivity index (χ1n) is 10.4. The van der Waals surface area contributed by atoms with Crippen molar-refractivity contribution in [3.8, 4) is 17.2 Å². The summed E-state index contributed by atoms with van der Waals surface area (Å²) in [5.41, 5.74) is 1.67. The van der Waals surface area contributed by atoms with Crippen molar-refractivity contribution in [2.24, 2.45) is 0 Å². The fourth-order valence-electron chi connectivity index (χ4n) is 3.35. The lowest BCUT2D eigenvalue weighted by atomic mass is 10.2. The van der Waals surface area contributed by atoms with Gasteiger partial charge in [-0.1, -0.05) is 6.07 Å². The van der Waals surface area contributed by atoms with Crippen molar-refractivity contribution in [2.45, 2.75) is 11.8 Å². The van der Waals surface area contributed by atoms with E-state index in [1.807, 2.05) is 0 Å². The number of rotatable bonds is 9. The van der Waals surface area contributed by atoms with Crippen LogP contribution in [0, 0.1) is 6.92 Å². The molecule has 0 aliphatic heterocycles. The maximum atomic E-state index is 13.8. The highest BCUT2D eigenvalue weighted by atomic mass is 32.2. The molecule has 0 spiro atoms. The molecular formula is C25H28N2O6S. The van der Waals surface area contributed by atoms with Crippen LogP contribution in [0.5, 0.6) is 17.2 Å². The summed E-state index contributed by atoms with van der Waals surface area (Å²) in [5.74, 6) is 0.991. The normalized spacial score (nSPS) is 11.0. The molecule has 34 heavy (non-hydrogen) atoms. The minimum atomic E-state index is -4.16. The predicted molar refractivity (Wildman–Crippen MR) is 132 cm³/mol. The van der Waals surface area contributed by atoms with Crippen molar-refractivity contribution in [1.82, 2.24) is 0 Å². The van der Waals surface area contributed by atoms with E-state index in [0.717, 1.165) is 9.87 Å². The van der Waals surface area contributed by atoms with E-state index in [1.165, 1.54) is 25.2 Å². The number of amides is 1. The highest BCUT2D eigenvalue weighted by molar-refractivity contribution is 7.93. The summed E-state index contributed by atoms with van der Waals surface area (Å²) in [4.78, 5) is 14.6. The van der Waals surface area contributed by atoms with Gasteiger partial charge in [0.25, 0.3) is 10.0 Å². The van der Waals surface area contributed by atoms with Crippen molar-refractivity contribution < 1.29 is 27.4 Å². The number of methoxy groups -OCH3 is 3. The van der Waals surface area contributed by atoms with Gasteiger partial charge in [-0.2, -0.15) is 0 Å². The van der Waals surface area contributed by atoms with E-state index in [2.05, 4.69) is 0 Å². The van der Waals surface area contributed by atoms with Gasteiger partial charge >= 0.3 is 0 Å². The van der Waals surface area contributed by atoms with Crippen molar-refractivity contribution in [3.63, 3.8) is 0 Å². The lowest BCUT2D eigenvalue weighted by molar-refractivity contribution is -0.116. The minimum Gasteiger partial charge on any atom is -0.497 e. The van der Waals surface area contributed by atoms with Gasteiger partial charge in [-0.15, -0.1) is 0 Å². The van der Waals surface area contributed by atoms with E-state index in [-0.39, 0.29) is 10.6 Å². The van der Waals surface area contributed by atoms with Crippen molar-refractivity contribution in [3.05, 3.63) is 72.3 Å². The smallest absolute Gasteiger partial charge is 0.268 e. The van der Waals surface area contributed by atoms with Crippen molar-refractivity contribution >= 4 is 27.3 Å². The van der Waals surface area contributed by atoms with Gasteiger partial charge in [-0.05, 0) is 73.2 Å². The molecule has 0 aliphatic rings.